The van der Waals surface area contributed by atoms with Crippen molar-refractivity contribution in [2.45, 2.75) is 51.0 Å². The summed E-state index contributed by atoms with van der Waals surface area (Å²) in [6, 6.07) is 0. The molecule has 0 aliphatic heterocycles. The van der Waals surface area contributed by atoms with E-state index in [0.717, 1.165) is 32.1 Å². The minimum atomic E-state index is -0.347. The van der Waals surface area contributed by atoms with E-state index in [1.54, 1.807) is 7.11 Å². The molecule has 1 heterocycles. The average molecular weight is 273 g/mol. The average Bonchev–Trinajstić information content (AvgIpc) is 2.85. The molecule has 2 atom stereocenters. The zero-order chi connectivity index (χ0) is 13.0. The van der Waals surface area contributed by atoms with Gasteiger partial charge >= 0.3 is 0 Å². The summed E-state index contributed by atoms with van der Waals surface area (Å²) in [5.74, 6) is 2.63. The van der Waals surface area contributed by atoms with E-state index < -0.39 is 0 Å². The lowest BCUT2D eigenvalue weighted by atomic mass is 9.78. The first-order valence-corrected chi connectivity index (χ1v) is 7.18. The van der Waals surface area contributed by atoms with E-state index >= 15 is 0 Å². The van der Waals surface area contributed by atoms with Crippen LogP contribution in [0.5, 0.6) is 0 Å². The number of hydrogen-bond donors (Lipinski definition) is 0. The van der Waals surface area contributed by atoms with Crippen molar-refractivity contribution < 1.29 is 9.26 Å². The second-order valence-electron chi connectivity index (χ2n) is 5.20. The maximum absolute atomic E-state index is 5.74. The van der Waals surface area contributed by atoms with E-state index in [-0.39, 0.29) is 5.60 Å². The molecule has 0 bridgehead atoms. The molecular formula is C13H21ClN2O2. The van der Waals surface area contributed by atoms with Crippen LogP contribution in [-0.4, -0.2) is 23.1 Å². The van der Waals surface area contributed by atoms with Crippen LogP contribution >= 0.6 is 11.6 Å². The summed E-state index contributed by atoms with van der Waals surface area (Å²) in [6.07, 6.45) is 5.95. The van der Waals surface area contributed by atoms with Gasteiger partial charge in [0.25, 0.3) is 0 Å². The van der Waals surface area contributed by atoms with Crippen LogP contribution in [-0.2, 0) is 16.8 Å². The molecule has 0 radical (unpaired) electrons. The number of nitrogens with zero attached hydrogens (tertiary/aromatic N) is 2. The van der Waals surface area contributed by atoms with Gasteiger partial charge in [0.15, 0.2) is 0 Å². The molecule has 1 aliphatic carbocycles. The largest absolute Gasteiger partial charge is 0.370 e. The number of hydrogen-bond acceptors (Lipinski definition) is 4. The third-order valence-corrected chi connectivity index (χ3v) is 4.01. The fourth-order valence-corrected chi connectivity index (χ4v) is 2.88. The van der Waals surface area contributed by atoms with Gasteiger partial charge in [-0.15, -0.1) is 11.6 Å². The molecular weight excluding hydrogens is 252 g/mol. The number of ether oxygens (including phenoxy) is 1. The van der Waals surface area contributed by atoms with Gasteiger partial charge in [-0.1, -0.05) is 18.5 Å². The molecule has 1 aliphatic rings. The summed E-state index contributed by atoms with van der Waals surface area (Å²) in [6.45, 7) is 2.25. The summed E-state index contributed by atoms with van der Waals surface area (Å²) in [7, 11) is 1.74. The van der Waals surface area contributed by atoms with Crippen LogP contribution < -0.4 is 0 Å². The molecule has 5 heteroatoms. The lowest BCUT2D eigenvalue weighted by molar-refractivity contribution is -0.0658. The van der Waals surface area contributed by atoms with Gasteiger partial charge in [-0.25, -0.2) is 0 Å². The Morgan fingerprint density at radius 1 is 1.56 bits per heavy atom. The maximum atomic E-state index is 5.74. The Kier molecular flexibility index (Phi) is 4.62. The van der Waals surface area contributed by atoms with Crippen molar-refractivity contribution in [2.75, 3.05) is 13.0 Å². The van der Waals surface area contributed by atoms with E-state index in [9.17, 15) is 0 Å². The van der Waals surface area contributed by atoms with E-state index in [2.05, 4.69) is 17.1 Å². The number of alkyl halides is 1. The third kappa shape index (κ3) is 2.86. The monoisotopic (exact) mass is 272 g/mol. The lowest BCUT2D eigenvalue weighted by Crippen LogP contribution is -2.35. The van der Waals surface area contributed by atoms with Gasteiger partial charge in [0.05, 0.1) is 0 Å². The predicted octanol–water partition coefficient (Wildman–Crippen LogP) is 3.29. The van der Waals surface area contributed by atoms with E-state index in [1.807, 2.05) is 0 Å². The van der Waals surface area contributed by atoms with Gasteiger partial charge in [0, 0.05) is 19.4 Å². The maximum Gasteiger partial charge on any atom is 0.226 e. The number of aromatic nitrogens is 2. The Bertz CT molecular complexity index is 383. The topological polar surface area (TPSA) is 48.2 Å². The summed E-state index contributed by atoms with van der Waals surface area (Å²) in [4.78, 5) is 4.49. The highest BCUT2D eigenvalue weighted by molar-refractivity contribution is 6.17. The fourth-order valence-electron chi connectivity index (χ4n) is 2.74. The quantitative estimate of drug-likeness (QED) is 0.772. The van der Waals surface area contributed by atoms with E-state index in [0.29, 0.717) is 23.5 Å². The van der Waals surface area contributed by atoms with Crippen LogP contribution in [0.4, 0.5) is 0 Å². The normalized spacial score (nSPS) is 28.5. The van der Waals surface area contributed by atoms with E-state index in [1.165, 1.54) is 6.42 Å². The number of aryl methyl sites for hydroxylation is 1. The van der Waals surface area contributed by atoms with Crippen LogP contribution in [0.2, 0.25) is 0 Å². The molecule has 1 fully saturated rings. The molecule has 102 valence electrons. The van der Waals surface area contributed by atoms with Crippen LogP contribution in [0.25, 0.3) is 0 Å². The van der Waals surface area contributed by atoms with Crippen molar-refractivity contribution >= 4 is 11.6 Å². The molecule has 2 rings (SSSR count). The van der Waals surface area contributed by atoms with Crippen molar-refractivity contribution in [1.82, 2.24) is 10.1 Å². The first-order chi connectivity index (χ1) is 8.70. The number of rotatable bonds is 5. The van der Waals surface area contributed by atoms with Crippen molar-refractivity contribution in [3.63, 3.8) is 0 Å². The van der Waals surface area contributed by atoms with Crippen LogP contribution in [0, 0.1) is 5.92 Å². The smallest absolute Gasteiger partial charge is 0.226 e. The molecule has 1 aromatic heterocycles. The Hall–Kier alpha value is -0.610. The molecule has 0 amide bonds. The Morgan fingerprint density at radius 3 is 3.06 bits per heavy atom. The summed E-state index contributed by atoms with van der Waals surface area (Å²) in [5.41, 5.74) is -0.347. The molecule has 2 unspecified atom stereocenters. The number of halogens is 1. The molecule has 0 spiro atoms. The molecule has 18 heavy (non-hydrogen) atoms. The second-order valence-corrected chi connectivity index (χ2v) is 5.58. The third-order valence-electron chi connectivity index (χ3n) is 3.75. The molecule has 0 saturated heterocycles. The van der Waals surface area contributed by atoms with Crippen molar-refractivity contribution in [2.24, 2.45) is 5.92 Å². The molecule has 1 saturated carbocycles. The summed E-state index contributed by atoms with van der Waals surface area (Å²) in [5, 5.41) is 4.12. The second kappa shape index (κ2) is 6.02. The highest BCUT2D eigenvalue weighted by Crippen LogP contribution is 2.41. The van der Waals surface area contributed by atoms with Crippen molar-refractivity contribution in [1.29, 1.82) is 0 Å². The summed E-state index contributed by atoms with van der Waals surface area (Å²) >= 11 is 5.67. The molecule has 1 aromatic rings. The first kappa shape index (κ1) is 13.8. The van der Waals surface area contributed by atoms with Gasteiger partial charge in [0.1, 0.15) is 5.60 Å². The summed E-state index contributed by atoms with van der Waals surface area (Å²) < 4.78 is 11.0. The van der Waals surface area contributed by atoms with Gasteiger partial charge in [-0.2, -0.15) is 4.98 Å². The Labute approximate surface area is 113 Å². The SMILES string of the molecule is COC1(c2noc(CCCCl)n2)CCCC(C)C1. The zero-order valence-corrected chi connectivity index (χ0v) is 11.9. The molecule has 4 nitrogen and oxygen atoms in total. The van der Waals surface area contributed by atoms with Crippen molar-refractivity contribution in [3.05, 3.63) is 11.7 Å². The highest BCUT2D eigenvalue weighted by Gasteiger charge is 2.40. The molecule has 0 aromatic carbocycles. The van der Waals surface area contributed by atoms with Gasteiger partial charge in [-0.3, -0.25) is 0 Å². The zero-order valence-electron chi connectivity index (χ0n) is 11.1. The van der Waals surface area contributed by atoms with E-state index in [4.69, 9.17) is 20.9 Å². The van der Waals surface area contributed by atoms with Crippen molar-refractivity contribution in [3.8, 4) is 0 Å². The standard InChI is InChI=1S/C13H21ClN2O2/c1-10-5-3-7-13(9-10,17-2)12-15-11(18-16-12)6-4-8-14/h10H,3-9H2,1-2H3. The predicted molar refractivity (Wildman–Crippen MR) is 69.7 cm³/mol. The van der Waals surface area contributed by atoms with Gasteiger partial charge in [-0.05, 0) is 31.6 Å². The lowest BCUT2D eigenvalue weighted by Gasteiger charge is -2.36. The highest BCUT2D eigenvalue weighted by atomic mass is 35.5. The first-order valence-electron chi connectivity index (χ1n) is 6.64. The minimum absolute atomic E-state index is 0.347. The van der Waals surface area contributed by atoms with Crippen LogP contribution in [0.1, 0.15) is 50.7 Å². The van der Waals surface area contributed by atoms with Gasteiger partial charge < -0.3 is 9.26 Å². The minimum Gasteiger partial charge on any atom is -0.370 e. The fraction of sp³-hybridized carbons (Fsp3) is 0.846. The molecule has 0 N–H and O–H groups in total. The van der Waals surface area contributed by atoms with Crippen LogP contribution in [0.3, 0.4) is 0 Å². The Morgan fingerprint density at radius 2 is 2.39 bits per heavy atom. The van der Waals surface area contributed by atoms with Crippen LogP contribution in [0.15, 0.2) is 4.52 Å². The number of methoxy groups -OCH3 is 1. The van der Waals surface area contributed by atoms with Gasteiger partial charge in [0.2, 0.25) is 11.7 Å². The Balaban J connectivity index is 2.13.